The number of nitrogen functional groups attached to an aromatic ring is 2. The number of ether oxygens (including phenoxy) is 1. The highest BCUT2D eigenvalue weighted by Gasteiger charge is 2.08. The van der Waals surface area contributed by atoms with Crippen LogP contribution in [-0.2, 0) is 0 Å². The van der Waals surface area contributed by atoms with E-state index in [0.717, 1.165) is 20.8 Å². The molecule has 0 fully saturated rings. The molecule has 4 N–H and O–H groups in total. The van der Waals surface area contributed by atoms with E-state index in [1.54, 1.807) is 11.3 Å². The maximum atomic E-state index is 5.82. The van der Waals surface area contributed by atoms with Crippen LogP contribution in [0.5, 0.6) is 5.75 Å². The van der Waals surface area contributed by atoms with Crippen molar-refractivity contribution >= 4 is 32.1 Å². The minimum Gasteiger partial charge on any atom is -0.491 e. The first-order valence-electron chi connectivity index (χ1n) is 4.42. The second kappa shape index (κ2) is 3.38. The van der Waals surface area contributed by atoms with Gasteiger partial charge in [0.05, 0.1) is 17.3 Å². The van der Waals surface area contributed by atoms with Crippen LogP contribution in [-0.4, -0.2) is 6.61 Å². The predicted molar refractivity (Wildman–Crippen MR) is 61.8 cm³/mol. The van der Waals surface area contributed by atoms with Crippen LogP contribution in [0.15, 0.2) is 18.2 Å². The van der Waals surface area contributed by atoms with Gasteiger partial charge in [-0.15, -0.1) is 11.3 Å². The quantitative estimate of drug-likeness (QED) is 0.745. The van der Waals surface area contributed by atoms with Gasteiger partial charge in [-0.25, -0.2) is 0 Å². The van der Waals surface area contributed by atoms with Gasteiger partial charge in [0.1, 0.15) is 0 Å². The van der Waals surface area contributed by atoms with E-state index in [-0.39, 0.29) is 0 Å². The first-order valence-corrected chi connectivity index (χ1v) is 5.24. The molecular weight excluding hydrogens is 196 g/mol. The average molecular weight is 208 g/mol. The zero-order valence-electron chi connectivity index (χ0n) is 7.91. The van der Waals surface area contributed by atoms with Crippen LogP contribution in [0, 0.1) is 0 Å². The summed E-state index contributed by atoms with van der Waals surface area (Å²) in [5, 5.41) is 1.79. The van der Waals surface area contributed by atoms with Gasteiger partial charge in [0.15, 0.2) is 5.75 Å². The molecule has 0 unspecified atom stereocenters. The summed E-state index contributed by atoms with van der Waals surface area (Å²) in [4.78, 5) is 0. The number of hydrogen-bond donors (Lipinski definition) is 2. The molecule has 0 radical (unpaired) electrons. The van der Waals surface area contributed by atoms with Gasteiger partial charge in [0, 0.05) is 10.1 Å². The van der Waals surface area contributed by atoms with Crippen molar-refractivity contribution in [2.75, 3.05) is 18.1 Å². The van der Waals surface area contributed by atoms with E-state index in [1.165, 1.54) is 0 Å². The zero-order chi connectivity index (χ0) is 10.1. The second-order valence-electron chi connectivity index (χ2n) is 2.98. The summed E-state index contributed by atoms with van der Waals surface area (Å²) in [7, 11) is 0. The Kier molecular flexibility index (Phi) is 2.21. The largest absolute Gasteiger partial charge is 0.491 e. The van der Waals surface area contributed by atoms with Crippen molar-refractivity contribution in [3.8, 4) is 5.75 Å². The van der Waals surface area contributed by atoms with E-state index in [9.17, 15) is 0 Å². The highest BCUT2D eigenvalue weighted by molar-refractivity contribution is 7.22. The molecule has 3 nitrogen and oxygen atoms in total. The molecule has 4 heteroatoms. The first kappa shape index (κ1) is 9.15. The summed E-state index contributed by atoms with van der Waals surface area (Å²) >= 11 is 1.54. The molecule has 74 valence electrons. The third-order valence-electron chi connectivity index (χ3n) is 1.99. The van der Waals surface area contributed by atoms with Gasteiger partial charge >= 0.3 is 0 Å². The summed E-state index contributed by atoms with van der Waals surface area (Å²) in [6.07, 6.45) is 0. The Morgan fingerprint density at radius 2 is 2.14 bits per heavy atom. The molecule has 0 atom stereocenters. The summed E-state index contributed by atoms with van der Waals surface area (Å²) < 4.78 is 6.60. The summed E-state index contributed by atoms with van der Waals surface area (Å²) in [6, 6.07) is 5.72. The number of benzene rings is 1. The van der Waals surface area contributed by atoms with E-state index in [4.69, 9.17) is 16.2 Å². The van der Waals surface area contributed by atoms with Crippen molar-refractivity contribution in [3.05, 3.63) is 18.2 Å². The van der Waals surface area contributed by atoms with E-state index >= 15 is 0 Å². The molecule has 1 aromatic carbocycles. The molecule has 2 rings (SSSR count). The Hall–Kier alpha value is -1.42. The number of thiophene rings is 1. The van der Waals surface area contributed by atoms with Gasteiger partial charge in [-0.3, -0.25) is 0 Å². The summed E-state index contributed by atoms with van der Waals surface area (Å²) in [6.45, 7) is 2.55. The SMILES string of the molecule is CCOc1c(N)ccc2sc(N)cc12. The van der Waals surface area contributed by atoms with Crippen LogP contribution >= 0.6 is 11.3 Å². The molecule has 0 bridgehead atoms. The lowest BCUT2D eigenvalue weighted by Crippen LogP contribution is -1.96. The monoisotopic (exact) mass is 208 g/mol. The molecule has 0 spiro atoms. The molecule has 0 amide bonds. The lowest BCUT2D eigenvalue weighted by molar-refractivity contribution is 0.346. The Morgan fingerprint density at radius 3 is 2.86 bits per heavy atom. The number of fused-ring (bicyclic) bond motifs is 1. The van der Waals surface area contributed by atoms with Crippen LogP contribution in [0.4, 0.5) is 10.7 Å². The Labute approximate surface area is 86.3 Å². The predicted octanol–water partition coefficient (Wildman–Crippen LogP) is 2.46. The standard InChI is InChI=1S/C10H12N2OS/c1-2-13-10-6-5-9(12)14-8(6)4-3-7(10)11/h3-5H,2,11-12H2,1H3. The molecule has 0 saturated carbocycles. The van der Waals surface area contributed by atoms with Crippen LogP contribution in [0.3, 0.4) is 0 Å². The highest BCUT2D eigenvalue weighted by Crippen LogP contribution is 2.37. The number of rotatable bonds is 2. The molecule has 2 aromatic rings. The van der Waals surface area contributed by atoms with Crippen molar-refractivity contribution in [2.45, 2.75) is 6.92 Å². The number of nitrogens with two attached hydrogens (primary N) is 2. The van der Waals surface area contributed by atoms with E-state index < -0.39 is 0 Å². The van der Waals surface area contributed by atoms with Crippen LogP contribution in [0.2, 0.25) is 0 Å². The third kappa shape index (κ3) is 1.37. The lowest BCUT2D eigenvalue weighted by atomic mass is 10.2. The van der Waals surface area contributed by atoms with Crippen molar-refractivity contribution in [1.82, 2.24) is 0 Å². The Bertz CT molecular complexity index is 464. The first-order chi connectivity index (χ1) is 6.72. The van der Waals surface area contributed by atoms with Gasteiger partial charge < -0.3 is 16.2 Å². The van der Waals surface area contributed by atoms with Gasteiger partial charge in [-0.1, -0.05) is 0 Å². The summed E-state index contributed by atoms with van der Waals surface area (Å²) in [5.41, 5.74) is 12.2. The van der Waals surface area contributed by atoms with Crippen molar-refractivity contribution < 1.29 is 4.74 Å². The molecule has 0 saturated heterocycles. The van der Waals surface area contributed by atoms with Gasteiger partial charge in [-0.2, -0.15) is 0 Å². The van der Waals surface area contributed by atoms with Gasteiger partial charge in [0.25, 0.3) is 0 Å². The van der Waals surface area contributed by atoms with Crippen LogP contribution in [0.25, 0.3) is 10.1 Å². The Morgan fingerprint density at radius 1 is 1.36 bits per heavy atom. The third-order valence-corrected chi connectivity index (χ3v) is 2.92. The molecule has 1 aromatic heterocycles. The van der Waals surface area contributed by atoms with Crippen molar-refractivity contribution in [2.24, 2.45) is 0 Å². The molecular formula is C10H12N2OS. The van der Waals surface area contributed by atoms with Crippen LogP contribution < -0.4 is 16.2 Å². The Balaban J connectivity index is 2.68. The second-order valence-corrected chi connectivity index (χ2v) is 4.09. The fourth-order valence-electron chi connectivity index (χ4n) is 1.43. The minimum atomic E-state index is 0.610. The summed E-state index contributed by atoms with van der Waals surface area (Å²) in [5.74, 6) is 0.748. The fourth-order valence-corrected chi connectivity index (χ4v) is 2.26. The lowest BCUT2D eigenvalue weighted by Gasteiger charge is -2.07. The maximum absolute atomic E-state index is 5.82. The van der Waals surface area contributed by atoms with E-state index in [1.807, 2.05) is 25.1 Å². The van der Waals surface area contributed by atoms with E-state index in [2.05, 4.69) is 0 Å². The van der Waals surface area contributed by atoms with E-state index in [0.29, 0.717) is 12.3 Å². The van der Waals surface area contributed by atoms with Crippen LogP contribution in [0.1, 0.15) is 6.92 Å². The molecule has 0 aliphatic heterocycles. The number of hydrogen-bond acceptors (Lipinski definition) is 4. The normalized spacial score (nSPS) is 10.6. The maximum Gasteiger partial charge on any atom is 0.150 e. The fraction of sp³-hybridized carbons (Fsp3) is 0.200. The number of anilines is 2. The average Bonchev–Trinajstić information content (AvgIpc) is 2.51. The topological polar surface area (TPSA) is 61.3 Å². The minimum absolute atomic E-state index is 0.610. The zero-order valence-corrected chi connectivity index (χ0v) is 8.73. The molecule has 0 aliphatic rings. The van der Waals surface area contributed by atoms with Gasteiger partial charge in [0.2, 0.25) is 0 Å². The van der Waals surface area contributed by atoms with Crippen molar-refractivity contribution in [3.63, 3.8) is 0 Å². The molecule has 1 heterocycles. The van der Waals surface area contributed by atoms with Gasteiger partial charge in [-0.05, 0) is 25.1 Å². The highest BCUT2D eigenvalue weighted by atomic mass is 32.1. The van der Waals surface area contributed by atoms with Crippen molar-refractivity contribution in [1.29, 1.82) is 0 Å². The smallest absolute Gasteiger partial charge is 0.150 e. The molecule has 0 aliphatic carbocycles. The molecule has 14 heavy (non-hydrogen) atoms.